The molecule has 0 unspecified atom stereocenters. The third-order valence-corrected chi connectivity index (χ3v) is 7.13. The van der Waals surface area contributed by atoms with Gasteiger partial charge in [-0.3, -0.25) is 9.59 Å². The molecule has 0 saturated carbocycles. The molecule has 2 amide bonds. The highest BCUT2D eigenvalue weighted by atomic mass is 79.9. The minimum atomic E-state index is -0.330. The smallest absolute Gasteiger partial charge is 0.255 e. The van der Waals surface area contributed by atoms with Gasteiger partial charge in [-0.2, -0.15) is 0 Å². The average Bonchev–Trinajstić information content (AvgIpc) is 3.24. The standard InChI is InChI=1S/C29H30BrN3O4/c1-29(2,17-31-28(35)21-16-33(3)23-8-6-7-22(30)26(21)23)19-10-12-20(13-11-19)32-27(34)18-9-14-24(36-4)25(15-18)37-5/h6-16H,17H2,1-5H3,(H,31,35)(H,32,34). The van der Waals surface area contributed by atoms with E-state index in [9.17, 15) is 9.59 Å². The molecule has 0 atom stereocenters. The van der Waals surface area contributed by atoms with Crippen LogP contribution in [0.4, 0.5) is 5.69 Å². The van der Waals surface area contributed by atoms with E-state index in [-0.39, 0.29) is 17.2 Å². The summed E-state index contributed by atoms with van der Waals surface area (Å²) < 4.78 is 13.4. The number of aryl methyl sites for hydroxylation is 1. The molecule has 0 fully saturated rings. The van der Waals surface area contributed by atoms with Crippen molar-refractivity contribution in [3.8, 4) is 11.5 Å². The second-order valence-electron chi connectivity index (χ2n) is 9.46. The largest absolute Gasteiger partial charge is 0.493 e. The first-order valence-electron chi connectivity index (χ1n) is 11.8. The lowest BCUT2D eigenvalue weighted by molar-refractivity contribution is 0.0946. The Hall–Kier alpha value is -3.78. The highest BCUT2D eigenvalue weighted by Crippen LogP contribution is 2.30. The molecule has 37 heavy (non-hydrogen) atoms. The summed E-state index contributed by atoms with van der Waals surface area (Å²) in [5.41, 5.74) is 3.46. The monoisotopic (exact) mass is 563 g/mol. The zero-order valence-corrected chi connectivity index (χ0v) is 23.1. The number of anilines is 1. The first kappa shape index (κ1) is 26.3. The van der Waals surface area contributed by atoms with Crippen molar-refractivity contribution in [1.29, 1.82) is 0 Å². The van der Waals surface area contributed by atoms with E-state index < -0.39 is 0 Å². The molecule has 2 N–H and O–H groups in total. The van der Waals surface area contributed by atoms with Crippen molar-refractivity contribution >= 4 is 44.3 Å². The normalized spacial score (nSPS) is 11.3. The van der Waals surface area contributed by atoms with Gasteiger partial charge in [0.2, 0.25) is 0 Å². The van der Waals surface area contributed by atoms with Crippen LogP contribution >= 0.6 is 15.9 Å². The number of hydrogen-bond acceptors (Lipinski definition) is 4. The summed E-state index contributed by atoms with van der Waals surface area (Å²) in [7, 11) is 5.01. The highest BCUT2D eigenvalue weighted by molar-refractivity contribution is 9.10. The Morgan fingerprint density at radius 2 is 1.65 bits per heavy atom. The van der Waals surface area contributed by atoms with Crippen molar-refractivity contribution in [2.75, 3.05) is 26.1 Å². The number of halogens is 1. The molecule has 3 aromatic carbocycles. The van der Waals surface area contributed by atoms with Crippen molar-refractivity contribution < 1.29 is 19.1 Å². The van der Waals surface area contributed by atoms with Gasteiger partial charge < -0.3 is 24.7 Å². The van der Waals surface area contributed by atoms with Crippen LogP contribution < -0.4 is 20.1 Å². The Kier molecular flexibility index (Phi) is 7.59. The summed E-state index contributed by atoms with van der Waals surface area (Å²) in [5.74, 6) is 0.682. The molecular formula is C29H30BrN3O4. The van der Waals surface area contributed by atoms with Crippen LogP contribution in [0.1, 0.15) is 40.1 Å². The quantitative estimate of drug-likeness (QED) is 0.279. The van der Waals surface area contributed by atoms with Gasteiger partial charge in [-0.25, -0.2) is 0 Å². The maximum Gasteiger partial charge on any atom is 0.255 e. The van der Waals surface area contributed by atoms with Gasteiger partial charge in [-0.1, -0.05) is 48.0 Å². The lowest BCUT2D eigenvalue weighted by Gasteiger charge is -2.26. The number of rotatable bonds is 8. The van der Waals surface area contributed by atoms with E-state index in [2.05, 4.69) is 40.4 Å². The first-order chi connectivity index (χ1) is 17.6. The van der Waals surface area contributed by atoms with Gasteiger partial charge >= 0.3 is 0 Å². The van der Waals surface area contributed by atoms with Crippen molar-refractivity contribution in [2.24, 2.45) is 7.05 Å². The molecule has 0 aliphatic carbocycles. The lowest BCUT2D eigenvalue weighted by Crippen LogP contribution is -2.36. The first-order valence-corrected chi connectivity index (χ1v) is 12.6. The molecule has 1 aromatic heterocycles. The summed E-state index contributed by atoms with van der Waals surface area (Å²) in [6, 6.07) is 18.6. The van der Waals surface area contributed by atoms with Crippen molar-refractivity contribution in [1.82, 2.24) is 9.88 Å². The van der Waals surface area contributed by atoms with Crippen LogP contribution in [0, 0.1) is 0 Å². The van der Waals surface area contributed by atoms with E-state index in [0.29, 0.717) is 34.9 Å². The number of aromatic nitrogens is 1. The topological polar surface area (TPSA) is 81.6 Å². The van der Waals surface area contributed by atoms with Gasteiger partial charge in [-0.15, -0.1) is 0 Å². The van der Waals surface area contributed by atoms with Gasteiger partial charge in [0, 0.05) is 51.8 Å². The van der Waals surface area contributed by atoms with Crippen LogP contribution in [0.15, 0.2) is 71.3 Å². The summed E-state index contributed by atoms with van der Waals surface area (Å²) in [6.07, 6.45) is 1.85. The number of nitrogens with zero attached hydrogens (tertiary/aromatic N) is 1. The van der Waals surface area contributed by atoms with Crippen molar-refractivity contribution in [2.45, 2.75) is 19.3 Å². The van der Waals surface area contributed by atoms with E-state index in [1.165, 1.54) is 7.11 Å². The summed E-state index contributed by atoms with van der Waals surface area (Å²) in [5, 5.41) is 6.90. The molecule has 7 nitrogen and oxygen atoms in total. The van der Waals surface area contributed by atoms with Crippen LogP contribution in [0.2, 0.25) is 0 Å². The number of carbonyl (C=O) groups excluding carboxylic acids is 2. The number of fused-ring (bicyclic) bond motifs is 1. The third kappa shape index (κ3) is 5.49. The molecule has 8 heteroatoms. The summed E-state index contributed by atoms with van der Waals surface area (Å²) >= 11 is 3.57. The fourth-order valence-electron chi connectivity index (χ4n) is 4.26. The fraction of sp³-hybridized carbons (Fsp3) is 0.241. The third-order valence-electron chi connectivity index (χ3n) is 6.47. The number of hydrogen-bond donors (Lipinski definition) is 2. The molecule has 0 spiro atoms. The zero-order valence-electron chi connectivity index (χ0n) is 21.5. The molecular weight excluding hydrogens is 534 g/mol. The molecule has 1 heterocycles. The molecule has 0 bridgehead atoms. The van der Waals surface area contributed by atoms with Crippen LogP contribution in [0.3, 0.4) is 0 Å². The van der Waals surface area contributed by atoms with Gasteiger partial charge in [0.1, 0.15) is 0 Å². The molecule has 4 aromatic rings. The van der Waals surface area contributed by atoms with E-state index in [1.54, 1.807) is 25.3 Å². The fourth-order valence-corrected chi connectivity index (χ4v) is 4.83. The van der Waals surface area contributed by atoms with Crippen LogP contribution in [-0.4, -0.2) is 37.1 Å². The molecule has 4 rings (SSSR count). The van der Waals surface area contributed by atoms with E-state index in [0.717, 1.165) is 20.9 Å². The number of benzene rings is 3. The maximum atomic E-state index is 13.1. The van der Waals surface area contributed by atoms with E-state index in [1.807, 2.05) is 60.3 Å². The maximum absolute atomic E-state index is 13.1. The Morgan fingerprint density at radius 3 is 2.32 bits per heavy atom. The molecule has 0 saturated heterocycles. The van der Waals surface area contributed by atoms with Crippen LogP contribution in [0.25, 0.3) is 10.9 Å². The Bertz CT molecular complexity index is 1460. The second-order valence-corrected chi connectivity index (χ2v) is 10.3. The lowest BCUT2D eigenvalue weighted by atomic mass is 9.84. The number of carbonyl (C=O) groups is 2. The molecule has 0 radical (unpaired) electrons. The number of methoxy groups -OCH3 is 2. The summed E-state index contributed by atoms with van der Waals surface area (Å²) in [4.78, 5) is 25.8. The Labute approximate surface area is 224 Å². The van der Waals surface area contributed by atoms with E-state index >= 15 is 0 Å². The second kappa shape index (κ2) is 10.7. The SMILES string of the molecule is COc1ccc(C(=O)Nc2ccc(C(C)(C)CNC(=O)c3cn(C)c4cccc(Br)c34)cc2)cc1OC. The number of ether oxygens (including phenoxy) is 2. The van der Waals surface area contributed by atoms with Gasteiger partial charge in [0.15, 0.2) is 11.5 Å². The summed E-state index contributed by atoms with van der Waals surface area (Å²) in [6.45, 7) is 4.59. The average molecular weight is 564 g/mol. The predicted octanol–water partition coefficient (Wildman–Crippen LogP) is 5.92. The molecule has 0 aliphatic rings. The minimum Gasteiger partial charge on any atom is -0.493 e. The van der Waals surface area contributed by atoms with Crippen molar-refractivity contribution in [3.05, 3.63) is 88.0 Å². The van der Waals surface area contributed by atoms with Crippen LogP contribution in [0.5, 0.6) is 11.5 Å². The molecule has 192 valence electrons. The van der Waals surface area contributed by atoms with Gasteiger partial charge in [-0.05, 0) is 48.0 Å². The highest BCUT2D eigenvalue weighted by Gasteiger charge is 2.23. The zero-order chi connectivity index (χ0) is 26.7. The Morgan fingerprint density at radius 1 is 0.946 bits per heavy atom. The minimum absolute atomic E-state index is 0.121. The van der Waals surface area contributed by atoms with E-state index in [4.69, 9.17) is 9.47 Å². The predicted molar refractivity (Wildman–Crippen MR) is 150 cm³/mol. The van der Waals surface area contributed by atoms with Crippen LogP contribution in [-0.2, 0) is 12.5 Å². The number of amides is 2. The number of nitrogens with one attached hydrogen (secondary N) is 2. The van der Waals surface area contributed by atoms with Gasteiger partial charge in [0.05, 0.1) is 19.8 Å². The Balaban J connectivity index is 1.43. The van der Waals surface area contributed by atoms with Gasteiger partial charge in [0.25, 0.3) is 11.8 Å². The van der Waals surface area contributed by atoms with Crippen molar-refractivity contribution in [3.63, 3.8) is 0 Å². The molecule has 0 aliphatic heterocycles.